The Morgan fingerprint density at radius 2 is 1.68 bits per heavy atom. The molecule has 1 N–H and O–H groups in total. The van der Waals surface area contributed by atoms with Gasteiger partial charge in [0, 0.05) is 49.8 Å². The fraction of sp³-hybridized carbons (Fsp3) is 0.522. The predicted molar refractivity (Wildman–Crippen MR) is 140 cm³/mol. The average Bonchev–Trinajstić information content (AvgIpc) is 3.28. The summed E-state index contributed by atoms with van der Waals surface area (Å²) >= 11 is 3.22. The minimum absolute atomic E-state index is 0.553. The topological polar surface area (TPSA) is 84.9 Å². The van der Waals surface area contributed by atoms with Crippen molar-refractivity contribution < 1.29 is 14.2 Å². The van der Waals surface area contributed by atoms with E-state index in [-0.39, 0.29) is 0 Å². The zero-order valence-electron chi connectivity index (χ0n) is 20.4. The van der Waals surface area contributed by atoms with Crippen LogP contribution in [0.2, 0.25) is 0 Å². The fourth-order valence-corrected chi connectivity index (χ4v) is 5.48. The summed E-state index contributed by atoms with van der Waals surface area (Å²) in [4.78, 5) is 20.3. The van der Waals surface area contributed by atoms with E-state index in [0.717, 1.165) is 77.0 Å². The number of likely N-dealkylation sites (N-methyl/N-ethyl adjacent to an activating group) is 1. The largest absolute Gasteiger partial charge is 0.493 e. The normalized spacial score (nSPS) is 14.4. The number of ether oxygens (including phenoxy) is 3. The molecule has 9 nitrogen and oxygen atoms in total. The number of thioether (sulfide) groups is 1. The van der Waals surface area contributed by atoms with Gasteiger partial charge in [-0.25, -0.2) is 15.0 Å². The Labute approximate surface area is 208 Å². The monoisotopic (exact) mass is 504 g/mol. The maximum Gasteiger partial charge on any atom is 0.203 e. The van der Waals surface area contributed by atoms with Crippen molar-refractivity contribution in [2.75, 3.05) is 70.0 Å². The minimum atomic E-state index is 0.553. The third-order valence-corrected chi connectivity index (χ3v) is 7.61. The van der Waals surface area contributed by atoms with Crippen LogP contribution in [-0.4, -0.2) is 79.7 Å². The molecule has 11 heteroatoms. The van der Waals surface area contributed by atoms with Gasteiger partial charge in [0.15, 0.2) is 32.4 Å². The van der Waals surface area contributed by atoms with Gasteiger partial charge in [-0.2, -0.15) is 0 Å². The summed E-state index contributed by atoms with van der Waals surface area (Å²) < 4.78 is 16.4. The molecule has 0 saturated carbocycles. The van der Waals surface area contributed by atoms with E-state index in [1.54, 1.807) is 33.1 Å². The van der Waals surface area contributed by atoms with Crippen molar-refractivity contribution in [2.24, 2.45) is 0 Å². The van der Waals surface area contributed by atoms with Gasteiger partial charge in [0.25, 0.3) is 0 Å². The van der Waals surface area contributed by atoms with Gasteiger partial charge in [-0.15, -0.1) is 0 Å². The van der Waals surface area contributed by atoms with Gasteiger partial charge in [0.1, 0.15) is 5.52 Å². The summed E-state index contributed by atoms with van der Waals surface area (Å²) in [6.07, 6.45) is 1.08. The van der Waals surface area contributed by atoms with E-state index in [0.29, 0.717) is 17.2 Å². The molecular formula is C23H32N6O3S2. The number of rotatable bonds is 10. The van der Waals surface area contributed by atoms with Crippen LogP contribution in [-0.2, 0) is 0 Å². The number of nitrogens with zero attached hydrogens (tertiary/aromatic N) is 5. The maximum atomic E-state index is 5.49. The number of hydrogen-bond donors (Lipinski definition) is 1. The third-order valence-electron chi connectivity index (χ3n) is 5.69. The number of aromatic nitrogens is 3. The van der Waals surface area contributed by atoms with Crippen molar-refractivity contribution in [2.45, 2.75) is 25.4 Å². The Morgan fingerprint density at radius 1 is 0.971 bits per heavy atom. The Bertz CT molecular complexity index is 1090. The molecule has 0 amide bonds. The molecule has 0 radical (unpaired) electrons. The quantitative estimate of drug-likeness (QED) is 0.315. The summed E-state index contributed by atoms with van der Waals surface area (Å²) in [7, 11) is 4.80. The van der Waals surface area contributed by atoms with Crippen molar-refractivity contribution in [1.82, 2.24) is 19.9 Å². The molecule has 34 heavy (non-hydrogen) atoms. The molecule has 3 heterocycles. The molecule has 1 fully saturated rings. The van der Waals surface area contributed by atoms with Crippen LogP contribution in [0.4, 0.5) is 16.6 Å². The van der Waals surface area contributed by atoms with Gasteiger partial charge in [-0.05, 0) is 13.0 Å². The van der Waals surface area contributed by atoms with Crippen LogP contribution in [0.5, 0.6) is 17.2 Å². The fourth-order valence-electron chi connectivity index (χ4n) is 3.87. The molecule has 3 aromatic rings. The number of thiazole rings is 1. The third kappa shape index (κ3) is 5.26. The standard InChI is InChI=1S/C23H32N6O3S2/c1-6-12-33-22-26-20(29-10-8-28(7-2)9-11-29)18-21(27-22)34-23(25-18)24-15-13-16(30-3)19(32-5)17(14-15)31-4/h13-14H,6-12H2,1-5H3,(H,24,25). The molecule has 0 aliphatic carbocycles. The number of fused-ring (bicyclic) bond motifs is 1. The lowest BCUT2D eigenvalue weighted by molar-refractivity contribution is 0.270. The molecule has 2 aromatic heterocycles. The Kier molecular flexibility index (Phi) is 8.17. The summed E-state index contributed by atoms with van der Waals surface area (Å²) in [5, 5.41) is 4.94. The first kappa shape index (κ1) is 24.6. The van der Waals surface area contributed by atoms with Crippen molar-refractivity contribution in [3.63, 3.8) is 0 Å². The summed E-state index contributed by atoms with van der Waals surface area (Å²) in [5.41, 5.74) is 1.63. The number of piperazine rings is 1. The molecule has 1 saturated heterocycles. The summed E-state index contributed by atoms with van der Waals surface area (Å²) in [5.74, 6) is 3.63. The highest BCUT2D eigenvalue weighted by Gasteiger charge is 2.23. The van der Waals surface area contributed by atoms with Crippen LogP contribution < -0.4 is 24.4 Å². The molecule has 184 valence electrons. The SMILES string of the molecule is CCCSc1nc(N2CCN(CC)CC2)c2nc(Nc3cc(OC)c(OC)c(OC)c3)sc2n1. The Balaban J connectivity index is 1.69. The number of anilines is 3. The highest BCUT2D eigenvalue weighted by molar-refractivity contribution is 7.99. The summed E-state index contributed by atoms with van der Waals surface area (Å²) in [6, 6.07) is 3.74. The zero-order valence-corrected chi connectivity index (χ0v) is 22.0. The van der Waals surface area contributed by atoms with E-state index in [4.69, 9.17) is 29.2 Å². The van der Waals surface area contributed by atoms with Gasteiger partial charge in [0.2, 0.25) is 5.75 Å². The highest BCUT2D eigenvalue weighted by atomic mass is 32.2. The van der Waals surface area contributed by atoms with Gasteiger partial charge in [-0.1, -0.05) is 36.9 Å². The lowest BCUT2D eigenvalue weighted by atomic mass is 10.2. The van der Waals surface area contributed by atoms with E-state index < -0.39 is 0 Å². The zero-order chi connectivity index (χ0) is 24.1. The van der Waals surface area contributed by atoms with Crippen LogP contribution in [0.3, 0.4) is 0 Å². The first-order chi connectivity index (χ1) is 16.6. The number of hydrogen-bond acceptors (Lipinski definition) is 11. The van der Waals surface area contributed by atoms with E-state index in [9.17, 15) is 0 Å². The first-order valence-electron chi connectivity index (χ1n) is 11.5. The van der Waals surface area contributed by atoms with Gasteiger partial charge in [-0.3, -0.25) is 0 Å². The van der Waals surface area contributed by atoms with E-state index in [1.807, 2.05) is 12.1 Å². The second-order valence-corrected chi connectivity index (χ2v) is 9.85. The van der Waals surface area contributed by atoms with Crippen LogP contribution in [0.15, 0.2) is 17.3 Å². The smallest absolute Gasteiger partial charge is 0.203 e. The Hall–Kier alpha value is -2.50. The van der Waals surface area contributed by atoms with Crippen LogP contribution >= 0.6 is 23.1 Å². The van der Waals surface area contributed by atoms with Crippen molar-refractivity contribution >= 4 is 50.1 Å². The van der Waals surface area contributed by atoms with Gasteiger partial charge < -0.3 is 29.3 Å². The first-order valence-corrected chi connectivity index (χ1v) is 13.3. The molecule has 0 atom stereocenters. The van der Waals surface area contributed by atoms with Gasteiger partial charge in [0.05, 0.1) is 21.3 Å². The number of benzene rings is 1. The van der Waals surface area contributed by atoms with E-state index in [2.05, 4.69) is 29.0 Å². The molecular weight excluding hydrogens is 472 g/mol. The molecule has 0 unspecified atom stereocenters. The highest BCUT2D eigenvalue weighted by Crippen LogP contribution is 2.41. The molecule has 0 spiro atoms. The lowest BCUT2D eigenvalue weighted by Gasteiger charge is -2.34. The second kappa shape index (κ2) is 11.3. The molecule has 1 aliphatic heterocycles. The lowest BCUT2D eigenvalue weighted by Crippen LogP contribution is -2.46. The summed E-state index contributed by atoms with van der Waals surface area (Å²) in [6.45, 7) is 9.38. The molecule has 0 bridgehead atoms. The number of nitrogens with one attached hydrogen (secondary N) is 1. The average molecular weight is 505 g/mol. The minimum Gasteiger partial charge on any atom is -0.493 e. The second-order valence-electron chi connectivity index (χ2n) is 7.81. The van der Waals surface area contributed by atoms with Crippen molar-refractivity contribution in [3.05, 3.63) is 12.1 Å². The van der Waals surface area contributed by atoms with Crippen LogP contribution in [0.1, 0.15) is 20.3 Å². The van der Waals surface area contributed by atoms with Crippen molar-refractivity contribution in [1.29, 1.82) is 0 Å². The molecule has 4 rings (SSSR count). The Morgan fingerprint density at radius 3 is 2.26 bits per heavy atom. The maximum absolute atomic E-state index is 5.49. The van der Waals surface area contributed by atoms with Crippen molar-refractivity contribution in [3.8, 4) is 17.2 Å². The molecule has 1 aromatic carbocycles. The van der Waals surface area contributed by atoms with E-state index >= 15 is 0 Å². The predicted octanol–water partition coefficient (Wildman–Crippen LogP) is 4.50. The molecule has 1 aliphatic rings. The van der Waals surface area contributed by atoms with Gasteiger partial charge >= 0.3 is 0 Å². The number of methoxy groups -OCH3 is 3. The van der Waals surface area contributed by atoms with Crippen LogP contribution in [0, 0.1) is 0 Å². The van der Waals surface area contributed by atoms with Crippen LogP contribution in [0.25, 0.3) is 10.3 Å². The van der Waals surface area contributed by atoms with E-state index in [1.165, 1.54) is 11.3 Å².